The molecule has 0 saturated carbocycles. The van der Waals surface area contributed by atoms with E-state index in [0.717, 1.165) is 5.56 Å². The van der Waals surface area contributed by atoms with Crippen molar-refractivity contribution in [2.75, 3.05) is 26.3 Å². The lowest BCUT2D eigenvalue weighted by atomic mass is 9.82. The minimum absolute atomic E-state index is 0.158. The molecule has 2 aromatic rings. The number of pyridine rings is 1. The average molecular weight is 410 g/mol. The molecule has 2 atom stereocenters. The highest BCUT2D eigenvalue weighted by Crippen LogP contribution is 2.45. The third kappa shape index (κ3) is 5.54. The summed E-state index contributed by atoms with van der Waals surface area (Å²) in [5, 5.41) is 0. The lowest BCUT2D eigenvalue weighted by Crippen LogP contribution is -2.40. The number of rotatable bonds is 8. The molecule has 0 aliphatic carbocycles. The van der Waals surface area contributed by atoms with Gasteiger partial charge in [0.05, 0.1) is 6.61 Å². The van der Waals surface area contributed by atoms with Crippen LogP contribution in [-0.2, 0) is 11.2 Å². The monoisotopic (exact) mass is 410 g/mol. The second-order valence-corrected chi connectivity index (χ2v) is 7.71. The highest BCUT2D eigenvalue weighted by atomic mass is 19.4. The Morgan fingerprint density at radius 3 is 2.59 bits per heavy atom. The summed E-state index contributed by atoms with van der Waals surface area (Å²) in [5.74, 6) is -0.297. The van der Waals surface area contributed by atoms with Gasteiger partial charge in [0.15, 0.2) is 0 Å². The SMILES string of the molecule is CCOC[C@]1(CCc2ccc(F)cc2)CCN(C(c2cccnc2)C(F)(F)F)C1. The van der Waals surface area contributed by atoms with Gasteiger partial charge in [-0.05, 0) is 62.1 Å². The standard InChI is InChI=1S/C22H26F4N2O/c1-2-29-16-21(10-9-17-5-7-19(23)8-6-17)11-13-28(15-21)20(22(24,25)26)18-4-3-12-27-14-18/h3-8,12,14,20H,2,9-11,13,15-16H2,1H3/t20?,21-/m1/s1. The summed E-state index contributed by atoms with van der Waals surface area (Å²) < 4.78 is 60.6. The summed E-state index contributed by atoms with van der Waals surface area (Å²) in [4.78, 5) is 5.38. The predicted octanol–water partition coefficient (Wildman–Crippen LogP) is 5.19. The van der Waals surface area contributed by atoms with Gasteiger partial charge >= 0.3 is 6.18 Å². The van der Waals surface area contributed by atoms with Gasteiger partial charge in [-0.2, -0.15) is 13.2 Å². The predicted molar refractivity (Wildman–Crippen MR) is 103 cm³/mol. The van der Waals surface area contributed by atoms with Gasteiger partial charge in [0.2, 0.25) is 0 Å². The van der Waals surface area contributed by atoms with Crippen molar-refractivity contribution in [3.8, 4) is 0 Å². The maximum atomic E-state index is 13.9. The van der Waals surface area contributed by atoms with Crippen LogP contribution in [0.25, 0.3) is 0 Å². The number of hydrogen-bond donors (Lipinski definition) is 0. The van der Waals surface area contributed by atoms with Gasteiger partial charge in [0, 0.05) is 31.0 Å². The molecule has 0 bridgehead atoms. The molecule has 0 radical (unpaired) electrons. The first-order valence-electron chi connectivity index (χ1n) is 9.86. The number of alkyl halides is 3. The number of aryl methyl sites for hydroxylation is 1. The van der Waals surface area contributed by atoms with Crippen molar-refractivity contribution >= 4 is 0 Å². The van der Waals surface area contributed by atoms with E-state index in [9.17, 15) is 17.6 Å². The lowest BCUT2D eigenvalue weighted by Gasteiger charge is -2.33. The summed E-state index contributed by atoms with van der Waals surface area (Å²) >= 11 is 0. The second kappa shape index (κ2) is 9.22. The van der Waals surface area contributed by atoms with Crippen LogP contribution in [0.2, 0.25) is 0 Å². The van der Waals surface area contributed by atoms with Crippen LogP contribution in [0.15, 0.2) is 48.8 Å². The molecule has 3 rings (SSSR count). The van der Waals surface area contributed by atoms with Gasteiger partial charge in [0.25, 0.3) is 0 Å². The van der Waals surface area contributed by atoms with E-state index < -0.39 is 12.2 Å². The van der Waals surface area contributed by atoms with Gasteiger partial charge in [-0.15, -0.1) is 0 Å². The van der Waals surface area contributed by atoms with E-state index in [-0.39, 0.29) is 16.8 Å². The Bertz CT molecular complexity index is 767. The number of halogens is 4. The second-order valence-electron chi connectivity index (χ2n) is 7.71. The van der Waals surface area contributed by atoms with E-state index in [4.69, 9.17) is 4.74 Å². The first kappa shape index (κ1) is 21.7. The van der Waals surface area contributed by atoms with Gasteiger partial charge in [-0.1, -0.05) is 18.2 Å². The maximum Gasteiger partial charge on any atom is 0.408 e. The molecule has 0 N–H and O–H groups in total. The van der Waals surface area contributed by atoms with Crippen LogP contribution in [0.5, 0.6) is 0 Å². The fourth-order valence-electron chi connectivity index (χ4n) is 4.11. The number of nitrogens with zero attached hydrogens (tertiary/aromatic N) is 2. The summed E-state index contributed by atoms with van der Waals surface area (Å²) in [7, 11) is 0. The van der Waals surface area contributed by atoms with Crippen LogP contribution in [0, 0.1) is 11.2 Å². The minimum atomic E-state index is -4.39. The van der Waals surface area contributed by atoms with Gasteiger partial charge < -0.3 is 4.74 Å². The Labute approximate surface area is 168 Å². The van der Waals surface area contributed by atoms with Crippen LogP contribution in [0.1, 0.15) is 36.9 Å². The first-order chi connectivity index (χ1) is 13.8. The third-order valence-electron chi connectivity index (χ3n) is 5.61. The van der Waals surface area contributed by atoms with E-state index in [0.29, 0.717) is 45.6 Å². The maximum absolute atomic E-state index is 13.9. The zero-order chi connectivity index (χ0) is 20.9. The van der Waals surface area contributed by atoms with Gasteiger partial charge in [0.1, 0.15) is 11.9 Å². The number of ether oxygens (including phenoxy) is 1. The van der Waals surface area contributed by atoms with Crippen LogP contribution in [0.4, 0.5) is 17.6 Å². The van der Waals surface area contributed by atoms with E-state index in [1.807, 2.05) is 6.92 Å². The molecule has 3 nitrogen and oxygen atoms in total. The Balaban J connectivity index is 1.77. The van der Waals surface area contributed by atoms with Crippen LogP contribution in [0.3, 0.4) is 0 Å². The van der Waals surface area contributed by atoms with E-state index >= 15 is 0 Å². The number of hydrogen-bond acceptors (Lipinski definition) is 3. The molecule has 1 fully saturated rings. The molecular weight excluding hydrogens is 384 g/mol. The Morgan fingerprint density at radius 2 is 1.97 bits per heavy atom. The zero-order valence-electron chi connectivity index (χ0n) is 16.5. The molecule has 1 aliphatic heterocycles. The van der Waals surface area contributed by atoms with Crippen LogP contribution in [-0.4, -0.2) is 42.4 Å². The number of benzene rings is 1. The van der Waals surface area contributed by atoms with Crippen molar-refractivity contribution < 1.29 is 22.3 Å². The van der Waals surface area contributed by atoms with Crippen molar-refractivity contribution in [1.82, 2.24) is 9.88 Å². The fourth-order valence-corrected chi connectivity index (χ4v) is 4.11. The van der Waals surface area contributed by atoms with Crippen molar-refractivity contribution in [1.29, 1.82) is 0 Å². The normalized spacial score (nSPS) is 21.4. The molecule has 7 heteroatoms. The average Bonchev–Trinajstić information content (AvgIpc) is 3.10. The number of aromatic nitrogens is 1. The molecule has 0 amide bonds. The molecular formula is C22H26F4N2O. The quantitative estimate of drug-likeness (QED) is 0.561. The molecule has 0 spiro atoms. The lowest BCUT2D eigenvalue weighted by molar-refractivity contribution is -0.185. The van der Waals surface area contributed by atoms with E-state index in [1.54, 1.807) is 12.1 Å². The highest BCUT2D eigenvalue weighted by Gasteiger charge is 2.50. The van der Waals surface area contributed by atoms with Crippen molar-refractivity contribution in [2.45, 2.75) is 38.4 Å². The molecule has 1 unspecified atom stereocenters. The van der Waals surface area contributed by atoms with Gasteiger partial charge in [-0.3, -0.25) is 9.88 Å². The molecule has 1 aliphatic rings. The first-order valence-corrected chi connectivity index (χ1v) is 9.86. The van der Waals surface area contributed by atoms with E-state index in [2.05, 4.69) is 4.98 Å². The molecule has 1 aromatic heterocycles. The highest BCUT2D eigenvalue weighted by molar-refractivity contribution is 5.18. The smallest absolute Gasteiger partial charge is 0.381 e. The van der Waals surface area contributed by atoms with Crippen molar-refractivity contribution in [3.63, 3.8) is 0 Å². The van der Waals surface area contributed by atoms with Crippen LogP contribution >= 0.6 is 0 Å². The van der Waals surface area contributed by atoms with Crippen molar-refractivity contribution in [3.05, 3.63) is 65.7 Å². The van der Waals surface area contributed by atoms with E-state index in [1.165, 1.54) is 41.6 Å². The fraction of sp³-hybridized carbons (Fsp3) is 0.500. The van der Waals surface area contributed by atoms with Crippen molar-refractivity contribution in [2.24, 2.45) is 5.41 Å². The summed E-state index contributed by atoms with van der Waals surface area (Å²) in [6.07, 6.45) is 0.364. The largest absolute Gasteiger partial charge is 0.408 e. The Kier molecular flexibility index (Phi) is 6.90. The molecule has 1 aromatic carbocycles. The summed E-state index contributed by atoms with van der Waals surface area (Å²) in [6.45, 7) is 3.46. The minimum Gasteiger partial charge on any atom is -0.381 e. The van der Waals surface area contributed by atoms with Crippen LogP contribution < -0.4 is 0 Å². The third-order valence-corrected chi connectivity index (χ3v) is 5.61. The Hall–Kier alpha value is -1.99. The zero-order valence-corrected chi connectivity index (χ0v) is 16.5. The number of likely N-dealkylation sites (tertiary alicyclic amines) is 1. The summed E-state index contributed by atoms with van der Waals surface area (Å²) in [6, 6.07) is 7.61. The topological polar surface area (TPSA) is 25.4 Å². The molecule has 29 heavy (non-hydrogen) atoms. The molecule has 1 saturated heterocycles. The Morgan fingerprint density at radius 1 is 1.21 bits per heavy atom. The molecule has 158 valence electrons. The summed E-state index contributed by atoms with van der Waals surface area (Å²) in [5.41, 5.74) is 0.766. The van der Waals surface area contributed by atoms with Gasteiger partial charge in [-0.25, -0.2) is 4.39 Å². The molecule has 2 heterocycles.